The molecule has 1 N–H and O–H groups in total. The first kappa shape index (κ1) is 15.3. The first-order valence-corrected chi connectivity index (χ1v) is 7.08. The van der Waals surface area contributed by atoms with Crippen molar-refractivity contribution in [2.45, 2.75) is 19.8 Å². The van der Waals surface area contributed by atoms with Crippen molar-refractivity contribution in [1.82, 2.24) is 29.9 Å². The van der Waals surface area contributed by atoms with E-state index in [-0.39, 0.29) is 23.7 Å². The van der Waals surface area contributed by atoms with Gasteiger partial charge in [-0.3, -0.25) is 9.89 Å². The van der Waals surface area contributed by atoms with Crippen molar-refractivity contribution in [3.05, 3.63) is 11.6 Å². The molecule has 8 nitrogen and oxygen atoms in total. The van der Waals surface area contributed by atoms with Gasteiger partial charge in [0.15, 0.2) is 0 Å². The van der Waals surface area contributed by atoms with E-state index in [1.807, 2.05) is 13.8 Å². The lowest BCUT2D eigenvalue weighted by Crippen LogP contribution is -2.53. The van der Waals surface area contributed by atoms with Gasteiger partial charge in [0.05, 0.1) is 0 Å². The van der Waals surface area contributed by atoms with E-state index in [0.29, 0.717) is 32.0 Å². The molecule has 8 heteroatoms. The SMILES string of the molecule is CC(C)c1nc(C(=O)N2CCN(C(=O)N(C)C)CC2)n[nH]1. The first-order valence-electron chi connectivity index (χ1n) is 7.08. The maximum atomic E-state index is 12.3. The molecule has 0 atom stereocenters. The first-order chi connectivity index (χ1) is 9.90. The van der Waals surface area contributed by atoms with E-state index in [0.717, 1.165) is 0 Å². The predicted octanol–water partition coefficient (Wildman–Crippen LogP) is 0.368. The van der Waals surface area contributed by atoms with Crippen molar-refractivity contribution >= 4 is 11.9 Å². The van der Waals surface area contributed by atoms with E-state index >= 15 is 0 Å². The van der Waals surface area contributed by atoms with Gasteiger partial charge in [0, 0.05) is 46.2 Å². The maximum Gasteiger partial charge on any atom is 0.319 e. The fourth-order valence-electron chi connectivity index (χ4n) is 2.15. The molecule has 2 rings (SSSR count). The minimum Gasteiger partial charge on any atom is -0.332 e. The zero-order chi connectivity index (χ0) is 15.6. The van der Waals surface area contributed by atoms with Gasteiger partial charge in [-0.15, -0.1) is 5.10 Å². The van der Waals surface area contributed by atoms with Gasteiger partial charge in [-0.05, 0) is 0 Å². The van der Waals surface area contributed by atoms with Crippen LogP contribution in [0.15, 0.2) is 0 Å². The van der Waals surface area contributed by atoms with Gasteiger partial charge in [0.25, 0.3) is 5.91 Å². The molecular weight excluding hydrogens is 272 g/mol. The number of aromatic amines is 1. The van der Waals surface area contributed by atoms with Crippen LogP contribution < -0.4 is 0 Å². The van der Waals surface area contributed by atoms with E-state index in [2.05, 4.69) is 15.2 Å². The quantitative estimate of drug-likeness (QED) is 0.854. The highest BCUT2D eigenvalue weighted by molar-refractivity contribution is 5.90. The monoisotopic (exact) mass is 294 g/mol. The molecule has 1 aromatic rings. The van der Waals surface area contributed by atoms with Crippen LogP contribution in [-0.2, 0) is 0 Å². The number of nitrogens with one attached hydrogen (secondary N) is 1. The molecule has 1 aliphatic rings. The Morgan fingerprint density at radius 1 is 1.14 bits per heavy atom. The van der Waals surface area contributed by atoms with Gasteiger partial charge in [0.1, 0.15) is 5.82 Å². The number of carbonyl (C=O) groups excluding carboxylic acids is 2. The van der Waals surface area contributed by atoms with Gasteiger partial charge in [0.2, 0.25) is 5.82 Å². The zero-order valence-corrected chi connectivity index (χ0v) is 13.0. The summed E-state index contributed by atoms with van der Waals surface area (Å²) in [5, 5.41) is 6.77. The summed E-state index contributed by atoms with van der Waals surface area (Å²) in [5.74, 6) is 0.926. The van der Waals surface area contributed by atoms with Crippen LogP contribution in [0.2, 0.25) is 0 Å². The summed E-state index contributed by atoms with van der Waals surface area (Å²) in [6.07, 6.45) is 0. The third-order valence-electron chi connectivity index (χ3n) is 3.46. The Morgan fingerprint density at radius 2 is 1.71 bits per heavy atom. The number of amides is 3. The van der Waals surface area contributed by atoms with E-state index in [4.69, 9.17) is 0 Å². The minimum absolute atomic E-state index is 0.0258. The van der Waals surface area contributed by atoms with Crippen molar-refractivity contribution in [1.29, 1.82) is 0 Å². The van der Waals surface area contributed by atoms with E-state index in [9.17, 15) is 9.59 Å². The molecule has 0 radical (unpaired) electrons. The molecule has 0 bridgehead atoms. The summed E-state index contributed by atoms with van der Waals surface area (Å²) in [4.78, 5) is 33.3. The number of aromatic nitrogens is 3. The molecule has 1 saturated heterocycles. The standard InChI is InChI=1S/C13H22N6O2/c1-9(2)10-14-11(16-15-10)12(20)18-5-7-19(8-6-18)13(21)17(3)4/h9H,5-8H2,1-4H3,(H,14,15,16). The summed E-state index contributed by atoms with van der Waals surface area (Å²) >= 11 is 0. The van der Waals surface area contributed by atoms with Crippen LogP contribution in [0.4, 0.5) is 4.79 Å². The molecular formula is C13H22N6O2. The maximum absolute atomic E-state index is 12.3. The van der Waals surface area contributed by atoms with Crippen LogP contribution in [-0.4, -0.2) is 82.1 Å². The molecule has 1 fully saturated rings. The van der Waals surface area contributed by atoms with Crippen LogP contribution in [0.3, 0.4) is 0 Å². The van der Waals surface area contributed by atoms with Crippen LogP contribution >= 0.6 is 0 Å². The molecule has 0 aliphatic carbocycles. The van der Waals surface area contributed by atoms with Crippen LogP contribution in [0.1, 0.15) is 36.2 Å². The number of H-pyrrole nitrogens is 1. The molecule has 3 amide bonds. The fraction of sp³-hybridized carbons (Fsp3) is 0.692. The molecule has 1 aliphatic heterocycles. The Kier molecular flexibility index (Phi) is 4.44. The Hall–Kier alpha value is -2.12. The largest absolute Gasteiger partial charge is 0.332 e. The number of piperazine rings is 1. The number of carbonyl (C=O) groups is 2. The van der Waals surface area contributed by atoms with E-state index in [1.165, 1.54) is 0 Å². The second-order valence-electron chi connectivity index (χ2n) is 5.66. The summed E-state index contributed by atoms with van der Waals surface area (Å²) in [6, 6.07) is -0.0258. The van der Waals surface area contributed by atoms with E-state index < -0.39 is 0 Å². The zero-order valence-electron chi connectivity index (χ0n) is 13.0. The third-order valence-corrected chi connectivity index (χ3v) is 3.46. The summed E-state index contributed by atoms with van der Waals surface area (Å²) < 4.78 is 0. The van der Waals surface area contributed by atoms with Gasteiger partial charge in [-0.1, -0.05) is 13.8 Å². The molecule has 0 aromatic carbocycles. The minimum atomic E-state index is -0.185. The molecule has 2 heterocycles. The number of nitrogens with zero attached hydrogens (tertiary/aromatic N) is 5. The molecule has 0 spiro atoms. The second-order valence-corrected chi connectivity index (χ2v) is 5.66. The Morgan fingerprint density at radius 3 is 2.19 bits per heavy atom. The van der Waals surface area contributed by atoms with Crippen molar-refractivity contribution in [2.75, 3.05) is 40.3 Å². The lowest BCUT2D eigenvalue weighted by Gasteiger charge is -2.35. The molecule has 21 heavy (non-hydrogen) atoms. The highest BCUT2D eigenvalue weighted by Gasteiger charge is 2.27. The summed E-state index contributed by atoms with van der Waals surface area (Å²) in [5.41, 5.74) is 0. The van der Waals surface area contributed by atoms with Crippen molar-refractivity contribution < 1.29 is 9.59 Å². The normalized spacial score (nSPS) is 15.5. The van der Waals surface area contributed by atoms with Crippen LogP contribution in [0, 0.1) is 0 Å². The third kappa shape index (κ3) is 3.32. The van der Waals surface area contributed by atoms with Gasteiger partial charge < -0.3 is 14.7 Å². The topological polar surface area (TPSA) is 85.4 Å². The molecule has 0 saturated carbocycles. The molecule has 116 valence electrons. The van der Waals surface area contributed by atoms with E-state index in [1.54, 1.807) is 28.8 Å². The van der Waals surface area contributed by atoms with Gasteiger partial charge in [-0.25, -0.2) is 9.78 Å². The summed E-state index contributed by atoms with van der Waals surface area (Å²) in [6.45, 7) is 6.04. The molecule has 0 unspecified atom stereocenters. The van der Waals surface area contributed by atoms with Gasteiger partial charge in [-0.2, -0.15) is 0 Å². The molecule has 1 aromatic heterocycles. The Labute approximate surface area is 124 Å². The highest BCUT2D eigenvalue weighted by Crippen LogP contribution is 2.11. The van der Waals surface area contributed by atoms with Crippen molar-refractivity contribution in [3.8, 4) is 0 Å². The number of hydrogen-bond acceptors (Lipinski definition) is 4. The fourth-order valence-corrected chi connectivity index (χ4v) is 2.15. The second kappa shape index (κ2) is 6.11. The lowest BCUT2D eigenvalue weighted by molar-refractivity contribution is 0.0639. The average Bonchev–Trinajstić information content (AvgIpc) is 2.96. The number of rotatable bonds is 2. The van der Waals surface area contributed by atoms with Crippen LogP contribution in [0.5, 0.6) is 0 Å². The Bertz CT molecular complexity index is 516. The smallest absolute Gasteiger partial charge is 0.319 e. The number of urea groups is 1. The highest BCUT2D eigenvalue weighted by atomic mass is 16.2. The van der Waals surface area contributed by atoms with Crippen molar-refractivity contribution in [2.24, 2.45) is 0 Å². The van der Waals surface area contributed by atoms with Gasteiger partial charge >= 0.3 is 6.03 Å². The van der Waals surface area contributed by atoms with Crippen LogP contribution in [0.25, 0.3) is 0 Å². The lowest BCUT2D eigenvalue weighted by atomic mass is 10.2. The predicted molar refractivity (Wildman–Crippen MR) is 77.0 cm³/mol. The summed E-state index contributed by atoms with van der Waals surface area (Å²) in [7, 11) is 3.45. The Balaban J connectivity index is 1.95. The van der Waals surface area contributed by atoms with Crippen molar-refractivity contribution in [3.63, 3.8) is 0 Å². The average molecular weight is 294 g/mol. The number of hydrogen-bond donors (Lipinski definition) is 1.